The van der Waals surface area contributed by atoms with E-state index in [2.05, 4.69) is 4.98 Å². The van der Waals surface area contributed by atoms with Crippen LogP contribution < -0.4 is 4.74 Å². The molecule has 3 atom stereocenters. The summed E-state index contributed by atoms with van der Waals surface area (Å²) in [6.07, 6.45) is 0.431. The van der Waals surface area contributed by atoms with E-state index in [1.54, 1.807) is 6.07 Å². The largest absolute Gasteiger partial charge is 0.486 e. The number of pyridine rings is 1. The molecule has 0 unspecified atom stereocenters. The van der Waals surface area contributed by atoms with E-state index in [9.17, 15) is 12.8 Å². The molecule has 0 amide bonds. The Morgan fingerprint density at radius 3 is 2.75 bits per heavy atom. The zero-order valence-electron chi connectivity index (χ0n) is 14.7. The Labute approximate surface area is 166 Å². The van der Waals surface area contributed by atoms with Crippen LogP contribution in [0.2, 0.25) is 5.02 Å². The van der Waals surface area contributed by atoms with Gasteiger partial charge in [0, 0.05) is 18.8 Å². The molecular weight excluding hydrogens is 409 g/mol. The van der Waals surface area contributed by atoms with Crippen molar-refractivity contribution in [3.05, 3.63) is 52.9 Å². The van der Waals surface area contributed by atoms with Crippen LogP contribution in [0, 0.1) is 17.1 Å². The van der Waals surface area contributed by atoms with Gasteiger partial charge in [-0.3, -0.25) is 0 Å². The van der Waals surface area contributed by atoms with E-state index in [0.29, 0.717) is 5.02 Å². The lowest BCUT2D eigenvalue weighted by Gasteiger charge is -2.18. The molecule has 146 valence electrons. The standard InChI is InChI=1S/C18H15ClFN3O4S/c1-11-18(27-11)10-23(28(24,25)17-5-3-13(19)8-22-17)9-16(18)26-14-4-2-12(7-21)15(20)6-14/h2-6,8,11,16H,9-10H2,1H3/t11-,16-,18+/m0/s1. The summed E-state index contributed by atoms with van der Waals surface area (Å²) in [7, 11) is -3.87. The van der Waals surface area contributed by atoms with Gasteiger partial charge in [0.2, 0.25) is 0 Å². The van der Waals surface area contributed by atoms with Crippen molar-refractivity contribution in [3.8, 4) is 11.8 Å². The molecule has 2 aliphatic heterocycles. The second kappa shape index (κ2) is 6.67. The molecule has 0 aliphatic carbocycles. The normalized spacial score (nSPS) is 26.9. The summed E-state index contributed by atoms with van der Waals surface area (Å²) in [6, 6.07) is 8.43. The summed E-state index contributed by atoms with van der Waals surface area (Å²) >= 11 is 5.78. The molecule has 2 aliphatic rings. The fraction of sp³-hybridized carbons (Fsp3) is 0.333. The third-order valence-corrected chi connectivity index (χ3v) is 6.96. The summed E-state index contributed by atoms with van der Waals surface area (Å²) < 4.78 is 52.5. The van der Waals surface area contributed by atoms with Crippen LogP contribution in [0.1, 0.15) is 12.5 Å². The van der Waals surface area contributed by atoms with Crippen LogP contribution in [0.25, 0.3) is 0 Å². The molecule has 28 heavy (non-hydrogen) atoms. The number of nitrogens with zero attached hydrogens (tertiary/aromatic N) is 3. The third kappa shape index (κ3) is 3.12. The van der Waals surface area contributed by atoms with Gasteiger partial charge in [-0.1, -0.05) is 11.6 Å². The van der Waals surface area contributed by atoms with Crippen molar-refractivity contribution in [1.29, 1.82) is 5.26 Å². The fourth-order valence-electron chi connectivity index (χ4n) is 3.37. The van der Waals surface area contributed by atoms with Gasteiger partial charge in [-0.2, -0.15) is 9.57 Å². The van der Waals surface area contributed by atoms with Crippen LogP contribution in [-0.4, -0.2) is 48.6 Å². The topological polar surface area (TPSA) is 95.8 Å². The number of aromatic nitrogens is 1. The van der Waals surface area contributed by atoms with Crippen molar-refractivity contribution < 1.29 is 22.3 Å². The molecular formula is C18H15ClFN3O4S. The summed E-state index contributed by atoms with van der Waals surface area (Å²) in [4.78, 5) is 3.90. The second-order valence-electron chi connectivity index (χ2n) is 6.69. The van der Waals surface area contributed by atoms with Crippen LogP contribution in [0.15, 0.2) is 41.6 Å². The van der Waals surface area contributed by atoms with Gasteiger partial charge in [0.1, 0.15) is 29.3 Å². The van der Waals surface area contributed by atoms with E-state index in [1.165, 1.54) is 34.8 Å². The van der Waals surface area contributed by atoms with Crippen molar-refractivity contribution in [2.24, 2.45) is 0 Å². The highest BCUT2D eigenvalue weighted by molar-refractivity contribution is 7.89. The Hall–Kier alpha value is -2.25. The average molecular weight is 424 g/mol. The molecule has 0 saturated carbocycles. The van der Waals surface area contributed by atoms with Crippen molar-refractivity contribution in [1.82, 2.24) is 9.29 Å². The molecule has 0 radical (unpaired) electrons. The van der Waals surface area contributed by atoms with Crippen LogP contribution in [0.4, 0.5) is 4.39 Å². The Kier molecular flexibility index (Phi) is 4.55. The number of epoxide rings is 1. The molecule has 1 aromatic heterocycles. The molecule has 2 aromatic rings. The predicted octanol–water partition coefficient (Wildman–Crippen LogP) is 2.36. The van der Waals surface area contributed by atoms with Gasteiger partial charge in [-0.15, -0.1) is 0 Å². The number of nitriles is 1. The maximum absolute atomic E-state index is 13.9. The lowest BCUT2D eigenvalue weighted by atomic mass is 10.0. The zero-order valence-corrected chi connectivity index (χ0v) is 16.2. The summed E-state index contributed by atoms with van der Waals surface area (Å²) in [5.74, 6) is -0.501. The Morgan fingerprint density at radius 2 is 2.18 bits per heavy atom. The Bertz CT molecular complexity index is 1070. The quantitative estimate of drug-likeness (QED) is 0.700. The zero-order chi connectivity index (χ0) is 20.1. The lowest BCUT2D eigenvalue weighted by Crippen LogP contribution is -2.35. The summed E-state index contributed by atoms with van der Waals surface area (Å²) in [6.45, 7) is 1.95. The number of hydrogen-bond acceptors (Lipinski definition) is 6. The molecule has 4 rings (SSSR count). The molecule has 1 aromatic carbocycles. The molecule has 7 nitrogen and oxygen atoms in total. The number of rotatable bonds is 4. The van der Waals surface area contributed by atoms with Gasteiger partial charge < -0.3 is 9.47 Å². The van der Waals surface area contributed by atoms with E-state index >= 15 is 0 Å². The number of sulfonamides is 1. The molecule has 2 saturated heterocycles. The number of benzene rings is 1. The highest BCUT2D eigenvalue weighted by Crippen LogP contribution is 2.47. The predicted molar refractivity (Wildman–Crippen MR) is 96.8 cm³/mol. The first-order valence-corrected chi connectivity index (χ1v) is 10.2. The van der Waals surface area contributed by atoms with Gasteiger partial charge in [-0.05, 0) is 31.2 Å². The molecule has 2 fully saturated rings. The van der Waals surface area contributed by atoms with Crippen molar-refractivity contribution in [2.45, 2.75) is 29.8 Å². The minimum Gasteiger partial charge on any atom is -0.486 e. The van der Waals surface area contributed by atoms with Gasteiger partial charge in [0.15, 0.2) is 5.03 Å². The van der Waals surface area contributed by atoms with E-state index in [4.69, 9.17) is 26.3 Å². The van der Waals surface area contributed by atoms with Gasteiger partial charge in [-0.25, -0.2) is 17.8 Å². The van der Waals surface area contributed by atoms with E-state index in [1.807, 2.05) is 6.92 Å². The fourth-order valence-corrected chi connectivity index (χ4v) is 4.88. The summed E-state index contributed by atoms with van der Waals surface area (Å²) in [5, 5.41) is 9.05. The van der Waals surface area contributed by atoms with Crippen LogP contribution >= 0.6 is 11.6 Å². The number of halogens is 2. The minimum absolute atomic E-state index is 0.0264. The van der Waals surface area contributed by atoms with Gasteiger partial charge in [0.05, 0.1) is 23.2 Å². The van der Waals surface area contributed by atoms with E-state index in [-0.39, 0.29) is 35.5 Å². The monoisotopic (exact) mass is 423 g/mol. The maximum Gasteiger partial charge on any atom is 0.260 e. The van der Waals surface area contributed by atoms with Crippen molar-refractivity contribution in [3.63, 3.8) is 0 Å². The Balaban J connectivity index is 1.59. The van der Waals surface area contributed by atoms with E-state index < -0.39 is 27.5 Å². The SMILES string of the molecule is C[C@@H]1O[C@]12CN(S(=O)(=O)c1ccc(Cl)cn1)C[C@@H]2Oc1ccc(C#N)c(F)c1. The van der Waals surface area contributed by atoms with Crippen molar-refractivity contribution in [2.75, 3.05) is 13.1 Å². The second-order valence-corrected chi connectivity index (χ2v) is 9.01. The minimum atomic E-state index is -3.87. The maximum atomic E-state index is 13.9. The highest BCUT2D eigenvalue weighted by atomic mass is 35.5. The number of hydrogen-bond donors (Lipinski definition) is 0. The molecule has 0 N–H and O–H groups in total. The molecule has 0 bridgehead atoms. The van der Waals surface area contributed by atoms with Crippen LogP contribution in [-0.2, 0) is 14.8 Å². The smallest absolute Gasteiger partial charge is 0.260 e. The molecule has 1 spiro atoms. The first kappa shape index (κ1) is 19.1. The van der Waals surface area contributed by atoms with Crippen LogP contribution in [0.5, 0.6) is 5.75 Å². The average Bonchev–Trinajstić information content (AvgIpc) is 3.15. The lowest BCUT2D eigenvalue weighted by molar-refractivity contribution is 0.135. The number of ether oxygens (including phenoxy) is 2. The molecule has 10 heteroatoms. The van der Waals surface area contributed by atoms with Gasteiger partial charge >= 0.3 is 0 Å². The molecule has 3 heterocycles. The first-order chi connectivity index (χ1) is 13.3. The Morgan fingerprint density at radius 1 is 1.43 bits per heavy atom. The third-order valence-electron chi connectivity index (χ3n) is 5.01. The summed E-state index contributed by atoms with van der Waals surface area (Å²) in [5.41, 5.74) is -0.897. The van der Waals surface area contributed by atoms with E-state index in [0.717, 1.165) is 6.07 Å². The van der Waals surface area contributed by atoms with Gasteiger partial charge in [0.25, 0.3) is 10.0 Å². The van der Waals surface area contributed by atoms with Crippen molar-refractivity contribution >= 4 is 21.6 Å². The van der Waals surface area contributed by atoms with Crippen LogP contribution in [0.3, 0.4) is 0 Å². The highest BCUT2D eigenvalue weighted by Gasteiger charge is 2.66. The first-order valence-electron chi connectivity index (χ1n) is 8.42.